The molecule has 0 unspecified atom stereocenters. The lowest BCUT2D eigenvalue weighted by atomic mass is 9.63. The summed E-state index contributed by atoms with van der Waals surface area (Å²) in [6, 6.07) is 13.0. The minimum absolute atomic E-state index is 0.0594. The van der Waals surface area contributed by atoms with Crippen LogP contribution in [0.5, 0.6) is 5.75 Å². The number of hydrogen-bond acceptors (Lipinski definition) is 5. The Balaban J connectivity index is 1.74. The number of benzene rings is 2. The van der Waals surface area contributed by atoms with E-state index in [2.05, 4.69) is 0 Å². The van der Waals surface area contributed by atoms with Gasteiger partial charge >= 0.3 is 5.97 Å². The molecule has 3 aliphatic rings. The highest BCUT2D eigenvalue weighted by atomic mass is 35.5. The van der Waals surface area contributed by atoms with Crippen LogP contribution in [0.15, 0.2) is 65.0 Å². The minimum atomic E-state index is -0.933. The quantitative estimate of drug-likeness (QED) is 0.352. The zero-order chi connectivity index (χ0) is 29.7. The van der Waals surface area contributed by atoms with Crippen LogP contribution in [0.25, 0.3) is 0 Å². The van der Waals surface area contributed by atoms with Gasteiger partial charge in [0.2, 0.25) is 0 Å². The Morgan fingerprint density at radius 1 is 0.927 bits per heavy atom. The molecule has 8 heteroatoms. The molecule has 0 radical (unpaired) electrons. The van der Waals surface area contributed by atoms with E-state index in [0.29, 0.717) is 58.2 Å². The molecule has 0 saturated carbocycles. The average molecular weight is 597 g/mol. The minimum Gasteiger partial charge on any atom is -0.487 e. The van der Waals surface area contributed by atoms with E-state index in [0.717, 1.165) is 17.0 Å². The largest absolute Gasteiger partial charge is 0.487 e. The summed E-state index contributed by atoms with van der Waals surface area (Å²) in [4.78, 5) is 41.7. The van der Waals surface area contributed by atoms with Crippen LogP contribution in [0.1, 0.15) is 76.8 Å². The Morgan fingerprint density at radius 3 is 2.02 bits per heavy atom. The van der Waals surface area contributed by atoms with E-state index in [1.54, 1.807) is 12.1 Å². The molecule has 0 bridgehead atoms. The summed E-state index contributed by atoms with van der Waals surface area (Å²) in [6.07, 6.45) is 1.65. The number of ether oxygens (including phenoxy) is 1. The molecule has 0 amide bonds. The van der Waals surface area contributed by atoms with Crippen molar-refractivity contribution in [3.8, 4) is 5.75 Å². The summed E-state index contributed by atoms with van der Waals surface area (Å²) in [5.41, 5.74) is 3.48. The highest BCUT2D eigenvalue weighted by Crippen LogP contribution is 2.56. The predicted molar refractivity (Wildman–Crippen MR) is 159 cm³/mol. The van der Waals surface area contributed by atoms with E-state index in [1.165, 1.54) is 0 Å². The van der Waals surface area contributed by atoms with Gasteiger partial charge in [-0.05, 0) is 41.4 Å². The van der Waals surface area contributed by atoms with Crippen molar-refractivity contribution in [2.75, 3.05) is 6.54 Å². The maximum atomic E-state index is 14.0. The monoisotopic (exact) mass is 595 g/mol. The van der Waals surface area contributed by atoms with Gasteiger partial charge in [0, 0.05) is 58.4 Å². The van der Waals surface area contributed by atoms with Crippen molar-refractivity contribution >= 4 is 40.7 Å². The van der Waals surface area contributed by atoms with Gasteiger partial charge < -0.3 is 14.7 Å². The number of halogens is 2. The third-order valence-corrected chi connectivity index (χ3v) is 8.64. The second-order valence-corrected chi connectivity index (χ2v) is 13.8. The van der Waals surface area contributed by atoms with Crippen LogP contribution in [0.3, 0.4) is 0 Å². The van der Waals surface area contributed by atoms with Crippen LogP contribution < -0.4 is 4.74 Å². The molecule has 0 fully saturated rings. The number of carbonyl (C=O) groups is 3. The van der Waals surface area contributed by atoms with Crippen molar-refractivity contribution in [3.63, 3.8) is 0 Å². The maximum absolute atomic E-state index is 14.0. The molecule has 0 spiro atoms. The van der Waals surface area contributed by atoms with E-state index < -0.39 is 11.9 Å². The number of ketones is 2. The van der Waals surface area contributed by atoms with Crippen LogP contribution >= 0.6 is 23.2 Å². The molecule has 0 saturated heterocycles. The van der Waals surface area contributed by atoms with Crippen molar-refractivity contribution in [2.45, 2.75) is 72.3 Å². The number of carbonyl (C=O) groups excluding carboxylic acids is 2. The lowest BCUT2D eigenvalue weighted by Gasteiger charge is -2.49. The summed E-state index contributed by atoms with van der Waals surface area (Å²) in [7, 11) is 0. The molecular weight excluding hydrogens is 561 g/mol. The van der Waals surface area contributed by atoms with Gasteiger partial charge in [-0.3, -0.25) is 14.4 Å². The predicted octanol–water partition coefficient (Wildman–Crippen LogP) is 7.73. The number of carboxylic acid groups (broad SMARTS) is 1. The summed E-state index contributed by atoms with van der Waals surface area (Å²) < 4.78 is 6.33. The first-order valence-electron chi connectivity index (χ1n) is 13.9. The normalized spacial score (nSPS) is 20.2. The van der Waals surface area contributed by atoms with Gasteiger partial charge in [0.25, 0.3) is 0 Å². The lowest BCUT2D eigenvalue weighted by molar-refractivity contribution is -0.137. The van der Waals surface area contributed by atoms with Gasteiger partial charge in [-0.25, -0.2) is 0 Å². The second-order valence-electron chi connectivity index (χ2n) is 12.9. The fraction of sp³-hybridized carbons (Fsp3) is 0.424. The van der Waals surface area contributed by atoms with E-state index in [1.807, 2.05) is 62.9 Å². The summed E-state index contributed by atoms with van der Waals surface area (Å²) >= 11 is 13.3. The standard InChI is InChI=1S/C33H35Cl2NO5/c1-32(2)14-23-29(25(37)16-32)28(30-24(36(23)11-10-27(39)40)15-33(3,4)17-26(30)38)21-12-20(34)13-22(35)31(21)41-18-19-8-6-5-7-9-19/h5-9,12-13,28H,10-11,14-18H2,1-4H3,(H,39,40). The number of allylic oxidation sites excluding steroid dienone is 4. The van der Waals surface area contributed by atoms with E-state index in [4.69, 9.17) is 27.9 Å². The molecule has 1 aliphatic heterocycles. The van der Waals surface area contributed by atoms with Crippen molar-refractivity contribution in [3.05, 3.63) is 86.2 Å². The summed E-state index contributed by atoms with van der Waals surface area (Å²) in [6.45, 7) is 8.60. The molecule has 2 aromatic carbocycles. The van der Waals surface area contributed by atoms with Crippen molar-refractivity contribution in [2.24, 2.45) is 10.8 Å². The molecule has 0 aromatic heterocycles. The Hall–Kier alpha value is -3.09. The second kappa shape index (κ2) is 11.0. The Kier molecular flexibility index (Phi) is 7.86. The van der Waals surface area contributed by atoms with Gasteiger partial charge in [-0.15, -0.1) is 0 Å². The van der Waals surface area contributed by atoms with Gasteiger partial charge in [0.1, 0.15) is 12.4 Å². The molecule has 2 aromatic rings. The number of rotatable bonds is 7. The van der Waals surface area contributed by atoms with Crippen LogP contribution in [0, 0.1) is 10.8 Å². The molecule has 2 aliphatic carbocycles. The molecule has 216 valence electrons. The molecular formula is C33H35Cl2NO5. The fourth-order valence-corrected chi connectivity index (χ4v) is 7.08. The summed E-state index contributed by atoms with van der Waals surface area (Å²) in [5.74, 6) is -1.38. The van der Waals surface area contributed by atoms with Crippen molar-refractivity contribution in [1.82, 2.24) is 4.90 Å². The van der Waals surface area contributed by atoms with Crippen LogP contribution in [0.4, 0.5) is 0 Å². The first-order chi connectivity index (χ1) is 19.3. The Bertz CT molecular complexity index is 1430. The number of aliphatic carboxylic acids is 1. The average Bonchev–Trinajstić information content (AvgIpc) is 2.85. The van der Waals surface area contributed by atoms with E-state index in [9.17, 15) is 19.5 Å². The third kappa shape index (κ3) is 5.96. The maximum Gasteiger partial charge on any atom is 0.305 e. The fourth-order valence-electron chi connectivity index (χ4n) is 6.51. The Morgan fingerprint density at radius 2 is 1.49 bits per heavy atom. The van der Waals surface area contributed by atoms with Crippen molar-refractivity contribution < 1.29 is 24.2 Å². The first-order valence-corrected chi connectivity index (χ1v) is 14.7. The van der Waals surface area contributed by atoms with Gasteiger partial charge in [-0.2, -0.15) is 0 Å². The van der Waals surface area contributed by atoms with E-state index >= 15 is 0 Å². The van der Waals surface area contributed by atoms with E-state index in [-0.39, 0.29) is 42.0 Å². The topological polar surface area (TPSA) is 83.9 Å². The number of Topliss-reactive ketones (excluding diaryl/α,β-unsaturated/α-hetero) is 2. The van der Waals surface area contributed by atoms with Gasteiger partial charge in [-0.1, -0.05) is 81.2 Å². The number of nitrogens with zero attached hydrogens (tertiary/aromatic N) is 1. The third-order valence-electron chi connectivity index (χ3n) is 8.15. The summed E-state index contributed by atoms with van der Waals surface area (Å²) in [5, 5.41) is 10.3. The van der Waals surface area contributed by atoms with Gasteiger partial charge in [0.15, 0.2) is 11.6 Å². The van der Waals surface area contributed by atoms with Crippen LogP contribution in [0.2, 0.25) is 10.0 Å². The molecule has 5 rings (SSSR count). The smallest absolute Gasteiger partial charge is 0.305 e. The zero-order valence-corrected chi connectivity index (χ0v) is 25.4. The van der Waals surface area contributed by atoms with Crippen molar-refractivity contribution in [1.29, 1.82) is 0 Å². The molecule has 6 nitrogen and oxygen atoms in total. The first kappa shape index (κ1) is 29.4. The highest BCUT2D eigenvalue weighted by Gasteiger charge is 2.49. The lowest BCUT2D eigenvalue weighted by Crippen LogP contribution is -2.45. The van der Waals surface area contributed by atoms with Gasteiger partial charge in [0.05, 0.1) is 11.4 Å². The Labute approximate surface area is 251 Å². The molecule has 41 heavy (non-hydrogen) atoms. The molecule has 0 atom stereocenters. The van der Waals surface area contributed by atoms with Crippen LogP contribution in [-0.4, -0.2) is 34.1 Å². The van der Waals surface area contributed by atoms with Crippen LogP contribution in [-0.2, 0) is 21.0 Å². The molecule has 1 heterocycles. The SMILES string of the molecule is CC1(C)CC(=O)C2=C(C1)N(CCC(=O)O)C1=C(C(=O)CC(C)(C)C1)C2c1cc(Cl)cc(Cl)c1OCc1ccccc1. The zero-order valence-electron chi connectivity index (χ0n) is 23.9. The number of carboxylic acids is 1. The highest BCUT2D eigenvalue weighted by molar-refractivity contribution is 6.35. The molecule has 1 N–H and O–H groups in total. The number of hydrogen-bond donors (Lipinski definition) is 1.